The first-order valence-electron chi connectivity index (χ1n) is 11.8. The number of sulfonamides is 1. The Morgan fingerprint density at radius 3 is 2.45 bits per heavy atom. The molecule has 0 spiro atoms. The van der Waals surface area contributed by atoms with Gasteiger partial charge in [-0.2, -0.15) is 4.72 Å². The molecule has 2 aliphatic rings. The van der Waals surface area contributed by atoms with Crippen LogP contribution in [0.15, 0.2) is 29.2 Å². The van der Waals surface area contributed by atoms with Gasteiger partial charge in [-0.25, -0.2) is 12.8 Å². The lowest BCUT2D eigenvalue weighted by Crippen LogP contribution is -2.57. The molecule has 38 heavy (non-hydrogen) atoms. The van der Waals surface area contributed by atoms with E-state index in [-0.39, 0.29) is 41.0 Å². The van der Waals surface area contributed by atoms with E-state index in [0.717, 1.165) is 23.5 Å². The fourth-order valence-corrected chi connectivity index (χ4v) is 7.01. The van der Waals surface area contributed by atoms with Gasteiger partial charge in [0.1, 0.15) is 16.8 Å². The van der Waals surface area contributed by atoms with Crippen LogP contribution in [0.25, 0.3) is 0 Å². The molecule has 2 saturated heterocycles. The summed E-state index contributed by atoms with van der Waals surface area (Å²) in [6.07, 6.45) is 0.771. The van der Waals surface area contributed by atoms with E-state index in [2.05, 4.69) is 10.0 Å². The first-order chi connectivity index (χ1) is 18.0. The lowest BCUT2D eigenvalue weighted by atomic mass is 10.2. The van der Waals surface area contributed by atoms with Crippen LogP contribution in [0.5, 0.6) is 0 Å². The van der Waals surface area contributed by atoms with Gasteiger partial charge in [-0.15, -0.1) is 11.3 Å². The molecule has 10 nitrogen and oxygen atoms in total. The van der Waals surface area contributed by atoms with Crippen molar-refractivity contribution in [2.45, 2.75) is 23.8 Å². The van der Waals surface area contributed by atoms with E-state index in [1.807, 2.05) is 11.9 Å². The highest BCUT2D eigenvalue weighted by atomic mass is 35.5. The van der Waals surface area contributed by atoms with Crippen LogP contribution >= 0.6 is 34.5 Å². The molecule has 2 fully saturated rings. The molecule has 15 heteroatoms. The van der Waals surface area contributed by atoms with Crippen LogP contribution in [0.4, 0.5) is 10.1 Å². The SMILES string of the molecule is CN1CCN(C(=O)[C@H](CNC(=O)c2ccc(Cl)s2)NS(=O)(=O)c2cc(F)cc(N3CCCC3=O)c2Cl)CC1. The summed E-state index contributed by atoms with van der Waals surface area (Å²) in [5.41, 5.74) is -0.0561. The molecule has 1 aromatic heterocycles. The van der Waals surface area contributed by atoms with E-state index >= 15 is 0 Å². The first kappa shape index (κ1) is 28.7. The molecule has 0 saturated carbocycles. The molecule has 206 valence electrons. The Morgan fingerprint density at radius 1 is 1.13 bits per heavy atom. The zero-order valence-electron chi connectivity index (χ0n) is 20.4. The minimum atomic E-state index is -4.57. The lowest BCUT2D eigenvalue weighted by molar-refractivity contribution is -0.134. The average molecular weight is 607 g/mol. The van der Waals surface area contributed by atoms with Gasteiger partial charge in [0.2, 0.25) is 21.8 Å². The fraction of sp³-hybridized carbons (Fsp3) is 0.435. The van der Waals surface area contributed by atoms with Crippen LogP contribution in [-0.2, 0) is 19.6 Å². The fourth-order valence-electron chi connectivity index (χ4n) is 4.24. The van der Waals surface area contributed by atoms with E-state index in [1.54, 1.807) is 6.07 Å². The topological polar surface area (TPSA) is 119 Å². The normalized spacial score (nSPS) is 17.6. The Hall–Kier alpha value is -2.29. The number of hydrogen-bond donors (Lipinski definition) is 2. The molecular formula is C23H26Cl2FN5O5S2. The highest BCUT2D eigenvalue weighted by Gasteiger charge is 2.34. The summed E-state index contributed by atoms with van der Waals surface area (Å²) in [5.74, 6) is -2.29. The molecule has 0 unspecified atom stereocenters. The van der Waals surface area contributed by atoms with Gasteiger partial charge < -0.3 is 20.0 Å². The minimum Gasteiger partial charge on any atom is -0.349 e. The number of nitrogens with one attached hydrogen (secondary N) is 2. The van der Waals surface area contributed by atoms with Crippen molar-refractivity contribution in [3.8, 4) is 0 Å². The van der Waals surface area contributed by atoms with E-state index in [9.17, 15) is 27.2 Å². The molecule has 4 rings (SSSR count). The zero-order chi connectivity index (χ0) is 27.6. The summed E-state index contributed by atoms with van der Waals surface area (Å²) < 4.78 is 44.1. The Balaban J connectivity index is 1.61. The van der Waals surface area contributed by atoms with Crippen molar-refractivity contribution in [1.29, 1.82) is 0 Å². The highest BCUT2D eigenvalue weighted by Crippen LogP contribution is 2.35. The van der Waals surface area contributed by atoms with Crippen molar-refractivity contribution in [2.75, 3.05) is 51.2 Å². The number of nitrogens with zero attached hydrogens (tertiary/aromatic N) is 3. The molecule has 0 bridgehead atoms. The third-order valence-corrected chi connectivity index (χ3v) is 9.55. The van der Waals surface area contributed by atoms with Crippen molar-refractivity contribution < 1.29 is 27.2 Å². The van der Waals surface area contributed by atoms with Crippen LogP contribution < -0.4 is 14.9 Å². The summed E-state index contributed by atoms with van der Waals surface area (Å²) in [6.45, 7) is 1.82. The average Bonchev–Trinajstić information content (AvgIpc) is 3.50. The third kappa shape index (κ3) is 6.46. The molecule has 3 amide bonds. The van der Waals surface area contributed by atoms with Gasteiger partial charge in [0.05, 0.1) is 19.9 Å². The van der Waals surface area contributed by atoms with Gasteiger partial charge >= 0.3 is 0 Å². The predicted molar refractivity (Wildman–Crippen MR) is 143 cm³/mol. The van der Waals surface area contributed by atoms with Crippen LogP contribution in [0.2, 0.25) is 9.36 Å². The summed E-state index contributed by atoms with van der Waals surface area (Å²) in [6, 6.07) is 3.39. The zero-order valence-corrected chi connectivity index (χ0v) is 23.5. The smallest absolute Gasteiger partial charge is 0.261 e. The summed E-state index contributed by atoms with van der Waals surface area (Å²) in [5, 5.41) is 2.24. The molecule has 2 N–H and O–H groups in total. The Morgan fingerprint density at radius 2 is 1.84 bits per heavy atom. The number of halogens is 3. The number of rotatable bonds is 8. The van der Waals surface area contributed by atoms with Gasteiger partial charge in [-0.3, -0.25) is 14.4 Å². The molecule has 1 atom stereocenters. The number of hydrogen-bond acceptors (Lipinski definition) is 7. The number of anilines is 1. The number of piperazine rings is 1. The van der Waals surface area contributed by atoms with Crippen molar-refractivity contribution in [3.63, 3.8) is 0 Å². The Labute approximate surface area is 233 Å². The first-order valence-corrected chi connectivity index (χ1v) is 14.8. The van der Waals surface area contributed by atoms with E-state index < -0.39 is 38.6 Å². The van der Waals surface area contributed by atoms with Crippen LogP contribution in [0.3, 0.4) is 0 Å². The van der Waals surface area contributed by atoms with Crippen molar-refractivity contribution in [2.24, 2.45) is 0 Å². The Kier molecular flexibility index (Phi) is 8.95. The Bertz CT molecular complexity index is 1350. The minimum absolute atomic E-state index is 0.0561. The maximum absolute atomic E-state index is 14.6. The second kappa shape index (κ2) is 11.8. The summed E-state index contributed by atoms with van der Waals surface area (Å²) >= 11 is 13.3. The van der Waals surface area contributed by atoms with Crippen molar-refractivity contribution in [3.05, 3.63) is 44.3 Å². The van der Waals surface area contributed by atoms with Gasteiger partial charge in [0.25, 0.3) is 5.91 Å². The molecular weight excluding hydrogens is 580 g/mol. The third-order valence-electron chi connectivity index (χ3n) is 6.31. The van der Waals surface area contributed by atoms with E-state index in [4.69, 9.17) is 23.2 Å². The largest absolute Gasteiger partial charge is 0.349 e. The van der Waals surface area contributed by atoms with Gasteiger partial charge in [0, 0.05) is 45.7 Å². The highest BCUT2D eigenvalue weighted by molar-refractivity contribution is 7.89. The van der Waals surface area contributed by atoms with Gasteiger partial charge in [0.15, 0.2) is 0 Å². The standard InChI is InChI=1S/C23H26Cl2FN5O5S2/c1-29-7-9-30(10-8-29)23(34)15(13-27-22(33)17-4-5-19(24)37-17)28-38(35,36)18-12-14(26)11-16(21(18)25)31-6-2-3-20(31)32/h4-5,11-12,15,28H,2-3,6-10,13H2,1H3,(H,27,33)/t15-/m0/s1. The van der Waals surface area contributed by atoms with Crippen molar-refractivity contribution in [1.82, 2.24) is 19.8 Å². The number of thiophene rings is 1. The molecule has 3 heterocycles. The quantitative estimate of drug-likeness (QED) is 0.476. The summed E-state index contributed by atoms with van der Waals surface area (Å²) in [4.78, 5) is 42.6. The monoisotopic (exact) mass is 605 g/mol. The van der Waals surface area contributed by atoms with Crippen LogP contribution in [0.1, 0.15) is 22.5 Å². The molecule has 0 aliphatic carbocycles. The van der Waals surface area contributed by atoms with Gasteiger partial charge in [-0.1, -0.05) is 23.2 Å². The van der Waals surface area contributed by atoms with Gasteiger partial charge in [-0.05, 0) is 37.7 Å². The second-order valence-corrected chi connectivity index (χ2v) is 12.8. The van der Waals surface area contributed by atoms with E-state index in [1.165, 1.54) is 15.9 Å². The van der Waals surface area contributed by atoms with E-state index in [0.29, 0.717) is 36.9 Å². The van der Waals surface area contributed by atoms with Crippen LogP contribution in [-0.4, -0.2) is 88.3 Å². The number of carbonyl (C=O) groups excluding carboxylic acids is 3. The molecule has 1 aromatic carbocycles. The number of benzene rings is 1. The number of carbonyl (C=O) groups is 3. The molecule has 2 aliphatic heterocycles. The van der Waals surface area contributed by atoms with Crippen LogP contribution in [0, 0.1) is 5.82 Å². The second-order valence-electron chi connectivity index (χ2n) is 9.00. The number of likely N-dealkylation sites (N-methyl/N-ethyl adjacent to an activating group) is 1. The molecule has 2 aromatic rings. The maximum atomic E-state index is 14.6. The van der Waals surface area contributed by atoms with Crippen molar-refractivity contribution >= 4 is 68.0 Å². The predicted octanol–water partition coefficient (Wildman–Crippen LogP) is 2.17. The number of amides is 3. The lowest BCUT2D eigenvalue weighted by Gasteiger charge is -2.34. The maximum Gasteiger partial charge on any atom is 0.261 e. The summed E-state index contributed by atoms with van der Waals surface area (Å²) in [7, 11) is -2.67. The molecule has 0 radical (unpaired) electrons.